The van der Waals surface area contributed by atoms with E-state index in [1.807, 2.05) is 13.0 Å². The van der Waals surface area contributed by atoms with E-state index >= 15 is 0 Å². The van der Waals surface area contributed by atoms with Gasteiger partial charge in [-0.25, -0.2) is 4.79 Å². The molecule has 4 heteroatoms. The molecule has 1 aliphatic rings. The van der Waals surface area contributed by atoms with E-state index in [0.717, 1.165) is 19.6 Å². The third kappa shape index (κ3) is 3.38. The topological polar surface area (TPSA) is 38.8 Å². The second-order valence-electron chi connectivity index (χ2n) is 5.18. The van der Waals surface area contributed by atoms with Crippen molar-refractivity contribution in [2.45, 2.75) is 31.9 Å². The number of piperidine rings is 1. The molecule has 20 heavy (non-hydrogen) atoms. The van der Waals surface area contributed by atoms with E-state index in [-0.39, 0.29) is 5.97 Å². The van der Waals surface area contributed by atoms with Gasteiger partial charge in [-0.15, -0.1) is 0 Å². The third-order valence-corrected chi connectivity index (χ3v) is 3.95. The first-order chi connectivity index (χ1) is 9.70. The van der Waals surface area contributed by atoms with E-state index in [2.05, 4.69) is 29.2 Å². The summed E-state index contributed by atoms with van der Waals surface area (Å²) < 4.78 is 10.6. The quantitative estimate of drug-likeness (QED) is 0.774. The van der Waals surface area contributed by atoms with Crippen molar-refractivity contribution in [2.75, 3.05) is 26.8 Å². The molecule has 0 spiro atoms. The van der Waals surface area contributed by atoms with Gasteiger partial charge < -0.3 is 9.47 Å². The van der Waals surface area contributed by atoms with Crippen molar-refractivity contribution >= 4 is 5.97 Å². The summed E-state index contributed by atoms with van der Waals surface area (Å²) in [4.78, 5) is 14.4. The van der Waals surface area contributed by atoms with Crippen LogP contribution >= 0.6 is 0 Å². The van der Waals surface area contributed by atoms with Gasteiger partial charge in [-0.3, -0.25) is 4.90 Å². The summed E-state index contributed by atoms with van der Waals surface area (Å²) in [5.41, 5.74) is 0.553. The van der Waals surface area contributed by atoms with Crippen molar-refractivity contribution in [1.82, 2.24) is 4.90 Å². The van der Waals surface area contributed by atoms with Crippen LogP contribution in [0, 0.1) is 0 Å². The molecular weight excluding hydrogens is 254 g/mol. The van der Waals surface area contributed by atoms with Crippen LogP contribution in [0.1, 0.15) is 25.3 Å². The zero-order valence-electron chi connectivity index (χ0n) is 12.3. The van der Waals surface area contributed by atoms with Crippen LogP contribution in [0.15, 0.2) is 30.3 Å². The van der Waals surface area contributed by atoms with Gasteiger partial charge in [0.05, 0.1) is 6.61 Å². The fourth-order valence-corrected chi connectivity index (χ4v) is 2.67. The van der Waals surface area contributed by atoms with Crippen molar-refractivity contribution in [3.05, 3.63) is 35.9 Å². The van der Waals surface area contributed by atoms with Gasteiger partial charge in [0.15, 0.2) is 5.60 Å². The summed E-state index contributed by atoms with van der Waals surface area (Å²) >= 11 is 0. The third-order valence-electron chi connectivity index (χ3n) is 3.95. The molecule has 1 heterocycles. The molecule has 2 rings (SSSR count). The fraction of sp³-hybridized carbons (Fsp3) is 0.562. The van der Waals surface area contributed by atoms with Gasteiger partial charge in [-0.1, -0.05) is 30.3 Å². The SMILES string of the molecule is CCOC(=O)C1(OC)CCN(Cc2ccccc2)CC1. The van der Waals surface area contributed by atoms with Gasteiger partial charge in [0.2, 0.25) is 0 Å². The molecule has 0 unspecified atom stereocenters. The van der Waals surface area contributed by atoms with E-state index < -0.39 is 5.60 Å². The average molecular weight is 277 g/mol. The lowest BCUT2D eigenvalue weighted by molar-refractivity contribution is -0.174. The van der Waals surface area contributed by atoms with Crippen LogP contribution in [-0.2, 0) is 20.8 Å². The molecule has 0 bridgehead atoms. The first-order valence-corrected chi connectivity index (χ1v) is 7.19. The predicted octanol–water partition coefficient (Wildman–Crippen LogP) is 2.23. The largest absolute Gasteiger partial charge is 0.464 e. The highest BCUT2D eigenvalue weighted by molar-refractivity contribution is 5.79. The lowest BCUT2D eigenvalue weighted by atomic mass is 9.91. The molecule has 0 N–H and O–H groups in total. The molecule has 0 radical (unpaired) electrons. The molecule has 0 amide bonds. The van der Waals surface area contributed by atoms with Gasteiger partial charge in [0.25, 0.3) is 0 Å². The number of nitrogens with zero attached hydrogens (tertiary/aromatic N) is 1. The van der Waals surface area contributed by atoms with Crippen LogP contribution in [0.4, 0.5) is 0 Å². The lowest BCUT2D eigenvalue weighted by Gasteiger charge is -2.38. The zero-order valence-corrected chi connectivity index (χ0v) is 12.3. The normalized spacial score (nSPS) is 18.7. The van der Waals surface area contributed by atoms with Crippen LogP contribution in [0.3, 0.4) is 0 Å². The van der Waals surface area contributed by atoms with Crippen LogP contribution in [-0.4, -0.2) is 43.3 Å². The molecule has 1 aliphatic heterocycles. The monoisotopic (exact) mass is 277 g/mol. The Morgan fingerprint density at radius 1 is 1.25 bits per heavy atom. The molecule has 0 aliphatic carbocycles. The summed E-state index contributed by atoms with van der Waals surface area (Å²) in [5, 5.41) is 0. The Morgan fingerprint density at radius 2 is 1.90 bits per heavy atom. The number of methoxy groups -OCH3 is 1. The number of hydrogen-bond acceptors (Lipinski definition) is 4. The Bertz CT molecular complexity index is 425. The van der Waals surface area contributed by atoms with Crippen LogP contribution in [0.2, 0.25) is 0 Å². The molecule has 4 nitrogen and oxygen atoms in total. The number of likely N-dealkylation sites (tertiary alicyclic amines) is 1. The van der Waals surface area contributed by atoms with E-state index in [9.17, 15) is 4.79 Å². The molecule has 0 saturated carbocycles. The summed E-state index contributed by atoms with van der Waals surface area (Å²) in [6.45, 7) is 4.84. The molecule has 1 aromatic rings. The number of esters is 1. The molecule has 0 aromatic heterocycles. The van der Waals surface area contributed by atoms with Crippen molar-refractivity contribution in [3.63, 3.8) is 0 Å². The Morgan fingerprint density at radius 3 is 2.45 bits per heavy atom. The lowest BCUT2D eigenvalue weighted by Crippen LogP contribution is -2.51. The maximum absolute atomic E-state index is 12.1. The predicted molar refractivity (Wildman–Crippen MR) is 77.3 cm³/mol. The first-order valence-electron chi connectivity index (χ1n) is 7.19. The number of hydrogen-bond donors (Lipinski definition) is 0. The van der Waals surface area contributed by atoms with Gasteiger partial charge in [0.1, 0.15) is 0 Å². The van der Waals surface area contributed by atoms with Crippen molar-refractivity contribution in [2.24, 2.45) is 0 Å². The second-order valence-corrected chi connectivity index (χ2v) is 5.18. The van der Waals surface area contributed by atoms with E-state index in [4.69, 9.17) is 9.47 Å². The van der Waals surface area contributed by atoms with Crippen LogP contribution < -0.4 is 0 Å². The zero-order chi connectivity index (χ0) is 14.4. The second kappa shape index (κ2) is 6.86. The standard InChI is InChI=1S/C16H23NO3/c1-3-20-15(18)16(19-2)9-11-17(12-10-16)13-14-7-5-4-6-8-14/h4-8H,3,9-13H2,1-2H3. The number of carbonyl (C=O) groups is 1. The smallest absolute Gasteiger partial charge is 0.338 e. The maximum Gasteiger partial charge on any atom is 0.338 e. The summed E-state index contributed by atoms with van der Waals surface area (Å²) in [7, 11) is 1.60. The number of rotatable bonds is 5. The molecule has 1 saturated heterocycles. The van der Waals surface area contributed by atoms with Crippen LogP contribution in [0.25, 0.3) is 0 Å². The molecule has 1 aromatic carbocycles. The van der Waals surface area contributed by atoms with Crippen molar-refractivity contribution in [1.29, 1.82) is 0 Å². The van der Waals surface area contributed by atoms with Gasteiger partial charge >= 0.3 is 5.97 Å². The van der Waals surface area contributed by atoms with E-state index in [1.165, 1.54) is 5.56 Å². The van der Waals surface area contributed by atoms with E-state index in [0.29, 0.717) is 19.4 Å². The fourth-order valence-electron chi connectivity index (χ4n) is 2.67. The maximum atomic E-state index is 12.1. The molecule has 1 fully saturated rings. The van der Waals surface area contributed by atoms with Gasteiger partial charge in [-0.05, 0) is 25.3 Å². The van der Waals surface area contributed by atoms with Crippen molar-refractivity contribution < 1.29 is 14.3 Å². The highest BCUT2D eigenvalue weighted by Gasteiger charge is 2.42. The number of carbonyl (C=O) groups excluding carboxylic acids is 1. The average Bonchev–Trinajstić information content (AvgIpc) is 2.49. The molecular formula is C16H23NO3. The minimum atomic E-state index is -0.747. The minimum Gasteiger partial charge on any atom is -0.464 e. The van der Waals surface area contributed by atoms with E-state index in [1.54, 1.807) is 7.11 Å². The summed E-state index contributed by atoms with van der Waals surface area (Å²) in [6.07, 6.45) is 1.38. The van der Waals surface area contributed by atoms with Gasteiger partial charge in [0, 0.05) is 26.7 Å². The highest BCUT2D eigenvalue weighted by atomic mass is 16.6. The number of ether oxygens (including phenoxy) is 2. The Hall–Kier alpha value is -1.39. The first kappa shape index (κ1) is 15.0. The van der Waals surface area contributed by atoms with Crippen molar-refractivity contribution in [3.8, 4) is 0 Å². The summed E-state index contributed by atoms with van der Waals surface area (Å²) in [5.74, 6) is -0.220. The Labute approximate surface area is 120 Å². The Kier molecular flexibility index (Phi) is 5.15. The van der Waals surface area contributed by atoms with Gasteiger partial charge in [-0.2, -0.15) is 0 Å². The minimum absolute atomic E-state index is 0.220. The molecule has 110 valence electrons. The Balaban J connectivity index is 1.92. The summed E-state index contributed by atoms with van der Waals surface area (Å²) in [6, 6.07) is 10.4. The number of benzene rings is 1. The molecule has 0 atom stereocenters. The highest BCUT2D eigenvalue weighted by Crippen LogP contribution is 2.28. The van der Waals surface area contributed by atoms with Crippen LogP contribution in [0.5, 0.6) is 0 Å².